The molecule has 4 fully saturated rings. The predicted octanol–water partition coefficient (Wildman–Crippen LogP) is 6.93. The predicted molar refractivity (Wildman–Crippen MR) is 220 cm³/mol. The molecule has 0 saturated carbocycles. The van der Waals surface area contributed by atoms with Crippen molar-refractivity contribution >= 4 is 34.7 Å². The summed E-state index contributed by atoms with van der Waals surface area (Å²) in [5.74, 6) is -0.846. The van der Waals surface area contributed by atoms with E-state index in [2.05, 4.69) is 82.0 Å². The second kappa shape index (κ2) is 17.4. The molecule has 10 nitrogen and oxygen atoms in total. The highest BCUT2D eigenvalue weighted by Crippen LogP contribution is 2.32. The number of anilines is 4. The lowest BCUT2D eigenvalue weighted by Gasteiger charge is -2.37. The molecule has 0 bridgehead atoms. The first-order valence-corrected chi connectivity index (χ1v) is 20.4. The molecule has 0 aliphatic carbocycles. The molecule has 56 heavy (non-hydrogen) atoms. The molecular formula is C46H54N4O6. The van der Waals surface area contributed by atoms with E-state index >= 15 is 0 Å². The maximum absolute atomic E-state index is 13.2. The van der Waals surface area contributed by atoms with Crippen LogP contribution in [0.15, 0.2) is 97.1 Å². The van der Waals surface area contributed by atoms with E-state index < -0.39 is 36.4 Å². The monoisotopic (exact) mass is 758 g/mol. The number of unbranched alkanes of at least 4 members (excludes halogenated alkanes) is 2. The van der Waals surface area contributed by atoms with Crippen molar-refractivity contribution in [3.8, 4) is 0 Å². The van der Waals surface area contributed by atoms with Crippen LogP contribution in [0.2, 0.25) is 0 Å². The van der Waals surface area contributed by atoms with Crippen LogP contribution in [0.4, 0.5) is 22.7 Å². The molecule has 0 radical (unpaired) electrons. The van der Waals surface area contributed by atoms with Crippen molar-refractivity contribution in [2.24, 2.45) is 0 Å². The van der Waals surface area contributed by atoms with Crippen molar-refractivity contribution in [2.45, 2.75) is 63.9 Å². The average molecular weight is 759 g/mol. The standard InChI is InChI=1S/C46H54N4O6/c1-3-4-5-6-34-9-17-38(18-10-34)48-25-29-50(30-26-48)40-21-13-36(14-22-40)46(52)56-42-32-54-43-41(31-53-44(42)43)55-45(51)35-11-19-39(20-12-35)49-27-23-47(24-28-49)37-15-7-33(2)8-16-37/h7-22,41-44H,3-6,23-32H2,1-2H3. The lowest BCUT2D eigenvalue weighted by Crippen LogP contribution is -2.46. The van der Waals surface area contributed by atoms with E-state index in [0.717, 1.165) is 70.2 Å². The molecule has 4 aliphatic heterocycles. The van der Waals surface area contributed by atoms with Gasteiger partial charge in [0.1, 0.15) is 12.2 Å². The first-order valence-electron chi connectivity index (χ1n) is 20.4. The number of hydrogen-bond acceptors (Lipinski definition) is 10. The SMILES string of the molecule is CCCCCc1ccc(N2CCN(c3ccc(C(=O)OC4COC5C(OC(=O)c6ccc(N7CCN(c8ccc(C)cc8)CC7)cc6)COC45)cc3)CC2)cc1. The quantitative estimate of drug-likeness (QED) is 0.112. The van der Waals surface area contributed by atoms with Crippen molar-refractivity contribution in [3.63, 3.8) is 0 Å². The third-order valence-electron chi connectivity index (χ3n) is 11.7. The summed E-state index contributed by atoms with van der Waals surface area (Å²) in [6, 6.07) is 33.0. The smallest absolute Gasteiger partial charge is 0.338 e. The average Bonchev–Trinajstić information content (AvgIpc) is 3.84. The Kier molecular flexibility index (Phi) is 11.8. The molecule has 10 heteroatoms. The molecule has 0 amide bonds. The van der Waals surface area contributed by atoms with E-state index in [4.69, 9.17) is 18.9 Å². The van der Waals surface area contributed by atoms with Crippen LogP contribution in [0.3, 0.4) is 0 Å². The number of nitrogens with zero attached hydrogens (tertiary/aromatic N) is 4. The largest absolute Gasteiger partial charge is 0.453 e. The van der Waals surface area contributed by atoms with Gasteiger partial charge in [-0.1, -0.05) is 49.6 Å². The molecule has 0 spiro atoms. The number of piperazine rings is 2. The van der Waals surface area contributed by atoms with Crippen LogP contribution in [0.1, 0.15) is 58.0 Å². The Bertz CT molecular complexity index is 1900. The second-order valence-corrected chi connectivity index (χ2v) is 15.5. The number of rotatable bonds is 12. The Hall–Kier alpha value is -5.06. The van der Waals surface area contributed by atoms with Gasteiger partial charge in [0, 0.05) is 75.1 Å². The highest BCUT2D eigenvalue weighted by atomic mass is 16.7. The Balaban J connectivity index is 0.773. The van der Waals surface area contributed by atoms with E-state index in [1.165, 1.54) is 41.8 Å². The molecule has 8 rings (SSSR count). The van der Waals surface area contributed by atoms with E-state index in [9.17, 15) is 9.59 Å². The van der Waals surface area contributed by atoms with Gasteiger partial charge in [0.15, 0.2) is 12.2 Å². The Morgan fingerprint density at radius 3 is 1.27 bits per heavy atom. The van der Waals surface area contributed by atoms with Crippen molar-refractivity contribution in [2.75, 3.05) is 85.2 Å². The molecule has 294 valence electrons. The highest BCUT2D eigenvalue weighted by molar-refractivity contribution is 5.90. The summed E-state index contributed by atoms with van der Waals surface area (Å²) in [4.78, 5) is 35.9. The number of esters is 2. The van der Waals surface area contributed by atoms with Crippen LogP contribution in [0.5, 0.6) is 0 Å². The third-order valence-corrected chi connectivity index (χ3v) is 11.7. The maximum Gasteiger partial charge on any atom is 0.338 e. The van der Waals surface area contributed by atoms with Gasteiger partial charge in [-0.2, -0.15) is 0 Å². The molecule has 4 atom stereocenters. The van der Waals surface area contributed by atoms with Crippen LogP contribution in [-0.2, 0) is 25.4 Å². The summed E-state index contributed by atoms with van der Waals surface area (Å²) >= 11 is 0. The van der Waals surface area contributed by atoms with Crippen LogP contribution in [0, 0.1) is 6.92 Å². The van der Waals surface area contributed by atoms with Gasteiger partial charge in [-0.05, 0) is 98.1 Å². The van der Waals surface area contributed by atoms with Gasteiger partial charge in [0.25, 0.3) is 0 Å². The normalized spacial score (nSPS) is 22.2. The summed E-state index contributed by atoms with van der Waals surface area (Å²) in [6.07, 6.45) is 2.77. The van der Waals surface area contributed by atoms with Crippen LogP contribution >= 0.6 is 0 Å². The van der Waals surface area contributed by atoms with Gasteiger partial charge in [0.05, 0.1) is 24.3 Å². The fraction of sp³-hybridized carbons (Fsp3) is 0.435. The van der Waals surface area contributed by atoms with Crippen molar-refractivity contribution in [3.05, 3.63) is 119 Å². The highest BCUT2D eigenvalue weighted by Gasteiger charge is 2.51. The van der Waals surface area contributed by atoms with Gasteiger partial charge >= 0.3 is 11.9 Å². The second-order valence-electron chi connectivity index (χ2n) is 15.5. The molecule has 4 heterocycles. The minimum Gasteiger partial charge on any atom is -0.453 e. The van der Waals surface area contributed by atoms with Crippen LogP contribution < -0.4 is 19.6 Å². The molecule has 4 aromatic carbocycles. The summed E-state index contributed by atoms with van der Waals surface area (Å²) < 4.78 is 23.7. The summed E-state index contributed by atoms with van der Waals surface area (Å²) in [6.45, 7) is 12.1. The number of aryl methyl sites for hydroxylation is 2. The van der Waals surface area contributed by atoms with Crippen molar-refractivity contribution in [1.29, 1.82) is 0 Å². The van der Waals surface area contributed by atoms with Gasteiger partial charge in [-0.3, -0.25) is 0 Å². The molecule has 4 unspecified atom stereocenters. The first kappa shape index (κ1) is 37.8. The zero-order chi connectivity index (χ0) is 38.4. The fourth-order valence-electron chi connectivity index (χ4n) is 8.31. The molecule has 0 N–H and O–H groups in total. The maximum atomic E-state index is 13.2. The lowest BCUT2D eigenvalue weighted by molar-refractivity contribution is -0.0287. The summed E-state index contributed by atoms with van der Waals surface area (Å²) in [7, 11) is 0. The molecule has 4 saturated heterocycles. The van der Waals surface area contributed by atoms with Gasteiger partial charge < -0.3 is 38.5 Å². The Morgan fingerprint density at radius 2 is 0.893 bits per heavy atom. The summed E-state index contributed by atoms with van der Waals surface area (Å²) in [5, 5.41) is 0. The van der Waals surface area contributed by atoms with Gasteiger partial charge in [-0.25, -0.2) is 9.59 Å². The van der Waals surface area contributed by atoms with Gasteiger partial charge in [-0.15, -0.1) is 0 Å². The number of benzene rings is 4. The minimum atomic E-state index is -0.583. The van der Waals surface area contributed by atoms with E-state index in [-0.39, 0.29) is 13.2 Å². The number of ether oxygens (including phenoxy) is 4. The zero-order valence-corrected chi connectivity index (χ0v) is 32.7. The Morgan fingerprint density at radius 1 is 0.536 bits per heavy atom. The molecule has 0 aromatic heterocycles. The number of fused-ring (bicyclic) bond motifs is 1. The van der Waals surface area contributed by atoms with E-state index in [0.29, 0.717) is 11.1 Å². The van der Waals surface area contributed by atoms with Crippen LogP contribution in [-0.4, -0.2) is 102 Å². The van der Waals surface area contributed by atoms with Gasteiger partial charge in [0.2, 0.25) is 0 Å². The Labute approximate surface area is 330 Å². The molecular weight excluding hydrogens is 705 g/mol. The van der Waals surface area contributed by atoms with E-state index in [1.807, 2.05) is 48.5 Å². The minimum absolute atomic E-state index is 0.185. The van der Waals surface area contributed by atoms with Crippen molar-refractivity contribution < 1.29 is 28.5 Å². The molecule has 4 aliphatic rings. The number of hydrogen-bond donors (Lipinski definition) is 0. The first-order chi connectivity index (χ1) is 27.4. The lowest BCUT2D eigenvalue weighted by atomic mass is 10.1. The number of carbonyl (C=O) groups excluding carboxylic acids is 2. The topological polar surface area (TPSA) is 84.0 Å². The van der Waals surface area contributed by atoms with Crippen LogP contribution in [0.25, 0.3) is 0 Å². The van der Waals surface area contributed by atoms with E-state index in [1.54, 1.807) is 0 Å². The number of carbonyl (C=O) groups is 2. The third kappa shape index (κ3) is 8.66. The summed E-state index contributed by atoms with van der Waals surface area (Å²) in [5.41, 5.74) is 8.34. The van der Waals surface area contributed by atoms with Crippen molar-refractivity contribution in [1.82, 2.24) is 0 Å². The molecule has 4 aromatic rings. The fourth-order valence-corrected chi connectivity index (χ4v) is 8.31. The zero-order valence-electron chi connectivity index (χ0n) is 32.7.